The number of carbonyl (C=O) groups excluding carboxylic acids is 3. The molecule has 0 aliphatic carbocycles. The second-order valence-corrected chi connectivity index (χ2v) is 8.33. The van der Waals surface area contributed by atoms with E-state index >= 15 is 0 Å². The first-order chi connectivity index (χ1) is 15.9. The molecule has 33 heavy (non-hydrogen) atoms. The monoisotopic (exact) mass is 470 g/mol. The van der Waals surface area contributed by atoms with Crippen LogP contribution in [0.15, 0.2) is 12.2 Å². The molecule has 0 aromatic heterocycles. The van der Waals surface area contributed by atoms with Gasteiger partial charge in [0.15, 0.2) is 0 Å². The van der Waals surface area contributed by atoms with Crippen LogP contribution in [0, 0.1) is 0 Å². The molecule has 6 nitrogen and oxygen atoms in total. The first kappa shape index (κ1) is 33.3. The Kier molecular flexibility index (Phi) is 26.7. The molecular weight excluding hydrogens is 420 g/mol. The van der Waals surface area contributed by atoms with Gasteiger partial charge in [-0.1, -0.05) is 97.1 Å². The number of unbranched alkanes of at least 4 members (excludes halogenated alkanes) is 10. The first-order valence-electron chi connectivity index (χ1n) is 13.0. The third-order valence-corrected chi connectivity index (χ3v) is 5.12. The molecule has 0 aliphatic rings. The highest BCUT2D eigenvalue weighted by atomic mass is 16.5. The Labute approximate surface area is 202 Å². The summed E-state index contributed by atoms with van der Waals surface area (Å²) in [5, 5.41) is 0. The molecule has 0 fully saturated rings. The molecule has 0 rings (SSSR count). The van der Waals surface area contributed by atoms with Gasteiger partial charge in [-0.3, -0.25) is 14.4 Å². The minimum absolute atomic E-state index is 0.157. The van der Waals surface area contributed by atoms with Crippen LogP contribution in [-0.4, -0.2) is 38.2 Å². The molecule has 0 saturated carbocycles. The average Bonchev–Trinajstić information content (AvgIpc) is 2.81. The van der Waals surface area contributed by atoms with Gasteiger partial charge in [-0.15, -0.1) is 0 Å². The normalized spacial score (nSPS) is 10.1. The van der Waals surface area contributed by atoms with Crippen LogP contribution >= 0.6 is 0 Å². The number of hydrogen-bond acceptors (Lipinski definition) is 6. The number of esters is 3. The van der Waals surface area contributed by atoms with E-state index in [1.165, 1.54) is 58.5 Å². The number of ether oxygens (including phenoxy) is 3. The fourth-order valence-electron chi connectivity index (χ4n) is 2.98. The first-order valence-corrected chi connectivity index (χ1v) is 13.0. The summed E-state index contributed by atoms with van der Waals surface area (Å²) in [6.45, 7) is 11.0. The maximum atomic E-state index is 11.8. The van der Waals surface area contributed by atoms with Gasteiger partial charge in [0.1, 0.15) is 0 Å². The van der Waals surface area contributed by atoms with Crippen molar-refractivity contribution in [2.24, 2.45) is 0 Å². The third-order valence-electron chi connectivity index (χ3n) is 5.12. The summed E-state index contributed by atoms with van der Waals surface area (Å²) in [5.41, 5.74) is 0.736. The Balaban J connectivity index is 0. The van der Waals surface area contributed by atoms with Crippen LogP contribution in [0.4, 0.5) is 0 Å². The molecule has 0 spiro atoms. The molecule has 0 atom stereocenters. The van der Waals surface area contributed by atoms with Crippen LogP contribution < -0.4 is 0 Å². The molecule has 0 unspecified atom stereocenters. The van der Waals surface area contributed by atoms with E-state index in [-0.39, 0.29) is 24.3 Å². The molecule has 194 valence electrons. The van der Waals surface area contributed by atoms with E-state index in [9.17, 15) is 14.4 Å². The van der Waals surface area contributed by atoms with Crippen molar-refractivity contribution in [3.05, 3.63) is 12.2 Å². The van der Waals surface area contributed by atoms with Gasteiger partial charge in [0, 0.05) is 12.8 Å². The summed E-state index contributed by atoms with van der Waals surface area (Å²) in [6.07, 6.45) is 15.5. The average molecular weight is 471 g/mol. The van der Waals surface area contributed by atoms with Crippen molar-refractivity contribution in [1.29, 1.82) is 0 Å². The number of methoxy groups -OCH3 is 1. The van der Waals surface area contributed by atoms with Crippen molar-refractivity contribution < 1.29 is 28.6 Å². The number of hydrogen-bond donors (Lipinski definition) is 0. The minimum atomic E-state index is -0.242. The molecule has 0 aliphatic heterocycles. The summed E-state index contributed by atoms with van der Waals surface area (Å²) in [5.74, 6) is -0.603. The number of rotatable bonds is 20. The lowest BCUT2D eigenvalue weighted by Crippen LogP contribution is -2.09. The van der Waals surface area contributed by atoms with Crippen LogP contribution in [0.3, 0.4) is 0 Å². The smallest absolute Gasteiger partial charge is 0.309 e. The largest absolute Gasteiger partial charge is 0.469 e. The Morgan fingerprint density at radius 1 is 0.606 bits per heavy atom. The Hall–Kier alpha value is -1.85. The van der Waals surface area contributed by atoms with Crippen molar-refractivity contribution in [3.63, 3.8) is 0 Å². The van der Waals surface area contributed by atoms with E-state index in [2.05, 4.69) is 25.2 Å². The van der Waals surface area contributed by atoms with Crippen molar-refractivity contribution >= 4 is 17.9 Å². The Morgan fingerprint density at radius 3 is 1.48 bits per heavy atom. The van der Waals surface area contributed by atoms with Crippen LogP contribution in [0.25, 0.3) is 0 Å². The maximum absolute atomic E-state index is 11.8. The molecule has 0 heterocycles. The van der Waals surface area contributed by atoms with Gasteiger partial charge in [0.2, 0.25) is 0 Å². The quantitative estimate of drug-likeness (QED) is 0.0818. The van der Waals surface area contributed by atoms with E-state index < -0.39 is 0 Å². The van der Waals surface area contributed by atoms with Gasteiger partial charge in [0.05, 0.1) is 26.7 Å². The van der Waals surface area contributed by atoms with Gasteiger partial charge < -0.3 is 14.2 Å². The summed E-state index contributed by atoms with van der Waals surface area (Å²) < 4.78 is 14.7. The van der Waals surface area contributed by atoms with Gasteiger partial charge >= 0.3 is 17.9 Å². The molecule has 0 aromatic carbocycles. The lowest BCUT2D eigenvalue weighted by Gasteiger charge is -2.08. The second-order valence-electron chi connectivity index (χ2n) is 8.33. The van der Waals surface area contributed by atoms with E-state index in [1.807, 2.05) is 0 Å². The van der Waals surface area contributed by atoms with Gasteiger partial charge in [-0.05, 0) is 19.3 Å². The topological polar surface area (TPSA) is 78.9 Å². The highest BCUT2D eigenvalue weighted by molar-refractivity contribution is 5.73. The summed E-state index contributed by atoms with van der Waals surface area (Å²) in [4.78, 5) is 33.4. The predicted octanol–water partition coefficient (Wildman–Crippen LogP) is 7.09. The summed E-state index contributed by atoms with van der Waals surface area (Å²) in [6, 6.07) is 0. The zero-order valence-electron chi connectivity index (χ0n) is 21.9. The lowest BCUT2D eigenvalue weighted by molar-refractivity contribution is -0.145. The predicted molar refractivity (Wildman–Crippen MR) is 134 cm³/mol. The van der Waals surface area contributed by atoms with Gasteiger partial charge in [-0.2, -0.15) is 0 Å². The van der Waals surface area contributed by atoms with Gasteiger partial charge in [0.25, 0.3) is 0 Å². The second kappa shape index (κ2) is 26.4. The molecular formula is C27H50O6. The molecule has 0 amide bonds. The van der Waals surface area contributed by atoms with Crippen molar-refractivity contribution in [2.75, 3.05) is 20.3 Å². The van der Waals surface area contributed by atoms with Crippen molar-refractivity contribution in [3.8, 4) is 0 Å². The molecule has 0 radical (unpaired) electrons. The highest BCUT2D eigenvalue weighted by Crippen LogP contribution is 2.11. The van der Waals surface area contributed by atoms with E-state index in [0.717, 1.165) is 31.3 Å². The minimum Gasteiger partial charge on any atom is -0.469 e. The lowest BCUT2D eigenvalue weighted by atomic mass is 10.1. The zero-order chi connectivity index (χ0) is 25.2. The van der Waals surface area contributed by atoms with E-state index in [1.54, 1.807) is 6.92 Å². The summed E-state index contributed by atoms with van der Waals surface area (Å²) >= 11 is 0. The third kappa shape index (κ3) is 28.1. The molecule has 0 bridgehead atoms. The SMILES string of the molecule is C=C(CCC(=O)OCCCCCCCC)CC(=O)OCCCCCCCC.CCC(=O)OC. The standard InChI is InChI=1S/C23H42O4.C4H8O2/c1-4-6-8-10-12-14-18-26-22(24)17-16-21(3)20-23(25)27-19-15-13-11-9-7-5-2;1-3-4(5)6-2/h3-20H2,1-2H3;3H2,1-2H3. The fraction of sp³-hybridized carbons (Fsp3) is 0.815. The molecule has 0 N–H and O–H groups in total. The van der Waals surface area contributed by atoms with E-state index in [0.29, 0.717) is 32.5 Å². The van der Waals surface area contributed by atoms with Crippen LogP contribution in [0.5, 0.6) is 0 Å². The Bertz CT molecular complexity index is 495. The fourth-order valence-corrected chi connectivity index (χ4v) is 2.98. The zero-order valence-corrected chi connectivity index (χ0v) is 21.9. The molecule has 0 aromatic rings. The molecule has 0 saturated heterocycles. The van der Waals surface area contributed by atoms with Crippen LogP contribution in [0.1, 0.15) is 124 Å². The van der Waals surface area contributed by atoms with Crippen molar-refractivity contribution in [2.45, 2.75) is 124 Å². The highest BCUT2D eigenvalue weighted by Gasteiger charge is 2.09. The van der Waals surface area contributed by atoms with Crippen LogP contribution in [0.2, 0.25) is 0 Å². The summed E-state index contributed by atoms with van der Waals surface area (Å²) in [7, 11) is 1.38. The van der Waals surface area contributed by atoms with Gasteiger partial charge in [-0.25, -0.2) is 0 Å². The van der Waals surface area contributed by atoms with Crippen LogP contribution in [-0.2, 0) is 28.6 Å². The number of carbonyl (C=O) groups is 3. The maximum Gasteiger partial charge on any atom is 0.309 e. The Morgan fingerprint density at radius 2 is 1.06 bits per heavy atom. The van der Waals surface area contributed by atoms with E-state index in [4.69, 9.17) is 9.47 Å². The van der Waals surface area contributed by atoms with Crippen molar-refractivity contribution in [1.82, 2.24) is 0 Å². The molecule has 6 heteroatoms.